The third kappa shape index (κ3) is 5.79. The number of likely N-dealkylation sites (N-methyl/N-ethyl adjacent to an activating group) is 1. The van der Waals surface area contributed by atoms with Gasteiger partial charge < -0.3 is 24.2 Å². The molecule has 5 rings (SSSR count). The van der Waals surface area contributed by atoms with E-state index in [1.165, 1.54) is 32.1 Å². The van der Waals surface area contributed by atoms with Gasteiger partial charge >= 0.3 is 0 Å². The third-order valence-corrected chi connectivity index (χ3v) is 9.01. The number of rotatable bonds is 6. The first kappa shape index (κ1) is 27.9. The van der Waals surface area contributed by atoms with E-state index in [9.17, 15) is 9.90 Å². The second-order valence-corrected chi connectivity index (χ2v) is 12.0. The molecule has 3 aromatic rings. The second-order valence-electron chi connectivity index (χ2n) is 12.0. The highest BCUT2D eigenvalue weighted by molar-refractivity contribution is 6.10. The predicted molar refractivity (Wildman–Crippen MR) is 158 cm³/mol. The summed E-state index contributed by atoms with van der Waals surface area (Å²) in [5.41, 5.74) is 4.78. The first-order chi connectivity index (χ1) is 18.9. The summed E-state index contributed by atoms with van der Waals surface area (Å²) in [5.74, 6) is 0.820. The van der Waals surface area contributed by atoms with Gasteiger partial charge in [-0.15, -0.1) is 0 Å². The van der Waals surface area contributed by atoms with Gasteiger partial charge in [0.25, 0.3) is 5.91 Å². The molecule has 1 saturated carbocycles. The highest BCUT2D eigenvalue weighted by atomic mass is 16.5. The van der Waals surface area contributed by atoms with E-state index in [0.717, 1.165) is 46.6 Å². The van der Waals surface area contributed by atoms with E-state index in [1.54, 1.807) is 0 Å². The van der Waals surface area contributed by atoms with Gasteiger partial charge in [-0.05, 0) is 49.9 Å². The van der Waals surface area contributed by atoms with Crippen molar-refractivity contribution in [1.29, 1.82) is 0 Å². The molecule has 0 saturated heterocycles. The molecule has 210 valence electrons. The SMILES string of the molecule is C[C@H]1CN([C@@H](C)CO)C(=O)c2c(c3ccccc3n2C)-c2ccccc2CO[C@@H]1CN(C)CC1CCCCC1. The summed E-state index contributed by atoms with van der Waals surface area (Å²) in [7, 11) is 4.19. The summed E-state index contributed by atoms with van der Waals surface area (Å²) >= 11 is 0. The van der Waals surface area contributed by atoms with Crippen molar-refractivity contribution in [3.63, 3.8) is 0 Å². The van der Waals surface area contributed by atoms with E-state index in [4.69, 9.17) is 4.74 Å². The van der Waals surface area contributed by atoms with Gasteiger partial charge in [0, 0.05) is 49.1 Å². The Hall–Kier alpha value is -2.67. The smallest absolute Gasteiger partial charge is 0.271 e. The number of nitrogens with zero attached hydrogens (tertiary/aromatic N) is 3. The molecule has 1 fully saturated rings. The summed E-state index contributed by atoms with van der Waals surface area (Å²) in [6.07, 6.45) is 6.66. The van der Waals surface area contributed by atoms with Crippen molar-refractivity contribution in [3.8, 4) is 11.1 Å². The number of benzene rings is 2. The molecule has 1 aliphatic heterocycles. The molecule has 1 N–H and O–H groups in total. The number of fused-ring (bicyclic) bond motifs is 5. The summed E-state index contributed by atoms with van der Waals surface area (Å²) in [6, 6.07) is 16.3. The lowest BCUT2D eigenvalue weighted by molar-refractivity contribution is -0.0253. The highest BCUT2D eigenvalue weighted by Crippen LogP contribution is 2.38. The maximum atomic E-state index is 14.4. The second kappa shape index (κ2) is 12.2. The summed E-state index contributed by atoms with van der Waals surface area (Å²) in [5, 5.41) is 11.3. The minimum Gasteiger partial charge on any atom is -0.394 e. The van der Waals surface area contributed by atoms with Crippen molar-refractivity contribution >= 4 is 16.8 Å². The highest BCUT2D eigenvalue weighted by Gasteiger charge is 2.33. The Morgan fingerprint density at radius 3 is 2.54 bits per heavy atom. The molecule has 2 aromatic carbocycles. The van der Waals surface area contributed by atoms with Gasteiger partial charge in [-0.3, -0.25) is 4.79 Å². The van der Waals surface area contributed by atoms with Crippen LogP contribution in [0, 0.1) is 11.8 Å². The Bertz CT molecular complexity index is 1280. The van der Waals surface area contributed by atoms with E-state index in [-0.39, 0.29) is 30.6 Å². The van der Waals surface area contributed by atoms with Crippen LogP contribution in [0.25, 0.3) is 22.0 Å². The molecule has 2 heterocycles. The maximum Gasteiger partial charge on any atom is 0.271 e. The predicted octanol–water partition coefficient (Wildman–Crippen LogP) is 5.72. The number of hydrogen-bond donors (Lipinski definition) is 1. The molecule has 0 unspecified atom stereocenters. The van der Waals surface area contributed by atoms with Gasteiger partial charge in [0.05, 0.1) is 25.4 Å². The molecule has 0 spiro atoms. The van der Waals surface area contributed by atoms with Crippen LogP contribution in [0.3, 0.4) is 0 Å². The summed E-state index contributed by atoms with van der Waals surface area (Å²) in [4.78, 5) is 18.8. The molecule has 39 heavy (non-hydrogen) atoms. The molecule has 6 heteroatoms. The minimum atomic E-state index is -0.303. The van der Waals surface area contributed by atoms with E-state index < -0.39 is 0 Å². The molecule has 6 nitrogen and oxygen atoms in total. The zero-order chi connectivity index (χ0) is 27.5. The average Bonchev–Trinajstić information content (AvgIpc) is 3.24. The van der Waals surface area contributed by atoms with Crippen molar-refractivity contribution in [2.24, 2.45) is 18.9 Å². The van der Waals surface area contributed by atoms with Crippen LogP contribution < -0.4 is 0 Å². The fourth-order valence-electron chi connectivity index (χ4n) is 6.72. The Kier molecular flexibility index (Phi) is 8.75. The van der Waals surface area contributed by atoms with Crippen molar-refractivity contribution < 1.29 is 14.6 Å². The van der Waals surface area contributed by atoms with Crippen LogP contribution in [0.15, 0.2) is 48.5 Å². The molecule has 1 aliphatic carbocycles. The number of para-hydroxylation sites is 1. The van der Waals surface area contributed by atoms with Crippen LogP contribution in [0.2, 0.25) is 0 Å². The number of ether oxygens (including phenoxy) is 1. The largest absolute Gasteiger partial charge is 0.394 e. The number of aliphatic hydroxyl groups excluding tert-OH is 1. The van der Waals surface area contributed by atoms with Crippen LogP contribution in [0.4, 0.5) is 0 Å². The van der Waals surface area contributed by atoms with Crippen LogP contribution in [-0.4, -0.2) is 70.8 Å². The third-order valence-electron chi connectivity index (χ3n) is 9.01. The Morgan fingerprint density at radius 1 is 1.05 bits per heavy atom. The van der Waals surface area contributed by atoms with Crippen LogP contribution >= 0.6 is 0 Å². The van der Waals surface area contributed by atoms with Gasteiger partial charge in [0.15, 0.2) is 0 Å². The Labute approximate surface area is 233 Å². The Morgan fingerprint density at radius 2 is 1.77 bits per heavy atom. The van der Waals surface area contributed by atoms with Gasteiger partial charge in [-0.1, -0.05) is 68.7 Å². The van der Waals surface area contributed by atoms with E-state index in [0.29, 0.717) is 18.8 Å². The maximum absolute atomic E-state index is 14.4. The van der Waals surface area contributed by atoms with E-state index >= 15 is 0 Å². The van der Waals surface area contributed by atoms with E-state index in [1.807, 2.05) is 41.6 Å². The van der Waals surface area contributed by atoms with Crippen molar-refractivity contribution in [2.75, 3.05) is 33.3 Å². The number of hydrogen-bond acceptors (Lipinski definition) is 4. The standard InChI is InChI=1S/C33H45N3O3/c1-23-18-36(24(2)21-37)33(38)32-31(28-16-10-11-17-29(28)35(32)4)27-15-9-8-14-26(27)22-39-30(23)20-34(3)19-25-12-6-5-7-13-25/h8-11,14-17,23-25,30,37H,5-7,12-13,18-22H2,1-4H3/t23-,24-,30+/m0/s1. The van der Waals surface area contributed by atoms with Crippen LogP contribution in [0.1, 0.15) is 62.0 Å². The summed E-state index contributed by atoms with van der Waals surface area (Å²) in [6.45, 7) is 6.99. The molecule has 1 amide bonds. The molecule has 1 aromatic heterocycles. The number of carbonyl (C=O) groups is 1. The topological polar surface area (TPSA) is 57.9 Å². The van der Waals surface area contributed by atoms with Crippen LogP contribution in [0.5, 0.6) is 0 Å². The minimum absolute atomic E-state index is 0.0363. The van der Waals surface area contributed by atoms with Gasteiger partial charge in [0.2, 0.25) is 0 Å². The van der Waals surface area contributed by atoms with Crippen molar-refractivity contribution in [1.82, 2.24) is 14.4 Å². The zero-order valence-electron chi connectivity index (χ0n) is 24.1. The lowest BCUT2D eigenvalue weighted by Crippen LogP contribution is -2.47. The van der Waals surface area contributed by atoms with Crippen molar-refractivity contribution in [3.05, 3.63) is 59.8 Å². The lowest BCUT2D eigenvalue weighted by Gasteiger charge is -2.36. The fourth-order valence-corrected chi connectivity index (χ4v) is 6.72. The molecular weight excluding hydrogens is 486 g/mol. The van der Waals surface area contributed by atoms with Crippen molar-refractivity contribution in [2.45, 2.75) is 64.7 Å². The molecule has 3 atom stereocenters. The normalized spacial score (nSPS) is 22.0. The van der Waals surface area contributed by atoms with E-state index in [2.05, 4.69) is 49.2 Å². The number of amides is 1. The van der Waals surface area contributed by atoms with Gasteiger partial charge in [0.1, 0.15) is 5.69 Å². The summed E-state index contributed by atoms with van der Waals surface area (Å²) < 4.78 is 8.78. The molecule has 0 bridgehead atoms. The average molecular weight is 532 g/mol. The van der Waals surface area contributed by atoms with Gasteiger partial charge in [-0.2, -0.15) is 0 Å². The van der Waals surface area contributed by atoms with Crippen LogP contribution in [-0.2, 0) is 18.4 Å². The number of carbonyl (C=O) groups excluding carboxylic acids is 1. The van der Waals surface area contributed by atoms with Gasteiger partial charge in [-0.25, -0.2) is 0 Å². The molecule has 2 aliphatic rings. The monoisotopic (exact) mass is 531 g/mol. The Balaban J connectivity index is 1.55. The quantitative estimate of drug-likeness (QED) is 0.442. The lowest BCUT2D eigenvalue weighted by atomic mass is 9.89. The number of aryl methyl sites for hydroxylation is 1. The fraction of sp³-hybridized carbons (Fsp3) is 0.545. The molecular formula is C33H45N3O3. The number of aliphatic hydroxyl groups is 1. The first-order valence-corrected chi connectivity index (χ1v) is 14.8. The molecule has 0 radical (unpaired) electrons. The number of aromatic nitrogens is 1. The first-order valence-electron chi connectivity index (χ1n) is 14.8. The zero-order valence-corrected chi connectivity index (χ0v) is 24.1.